The molecule has 0 atom stereocenters. The molecule has 0 aromatic heterocycles. The van der Waals surface area contributed by atoms with Crippen LogP contribution in [0.25, 0.3) is 0 Å². The zero-order valence-electron chi connectivity index (χ0n) is 10.4. The maximum atomic E-state index is 8.76. The molecule has 0 spiro atoms. The first-order valence-electron chi connectivity index (χ1n) is 5.35. The van der Waals surface area contributed by atoms with Crippen molar-refractivity contribution < 1.29 is 5.11 Å². The third-order valence-corrected chi connectivity index (χ3v) is 1.80. The molecule has 0 amide bonds. The summed E-state index contributed by atoms with van der Waals surface area (Å²) in [5, 5.41) is 12.1. The van der Waals surface area contributed by atoms with E-state index in [0.29, 0.717) is 5.11 Å². The van der Waals surface area contributed by atoms with E-state index in [1.807, 2.05) is 45.0 Å². The van der Waals surface area contributed by atoms with Gasteiger partial charge in [0.1, 0.15) is 0 Å². The smallest absolute Gasteiger partial charge is 0.195 e. The second kappa shape index (κ2) is 8.41. The Bertz CT molecular complexity index is 380. The molecule has 0 bridgehead atoms. The van der Waals surface area contributed by atoms with Crippen molar-refractivity contribution in [2.75, 3.05) is 5.32 Å². The molecule has 0 unspecified atom stereocenters. The lowest BCUT2D eigenvalue weighted by Crippen LogP contribution is -2.39. The van der Waals surface area contributed by atoms with E-state index in [9.17, 15) is 0 Å². The zero-order chi connectivity index (χ0) is 13.3. The average molecular weight is 253 g/mol. The van der Waals surface area contributed by atoms with Gasteiger partial charge in [-0.15, -0.1) is 0 Å². The summed E-state index contributed by atoms with van der Waals surface area (Å²) in [6.45, 7) is 9.24. The van der Waals surface area contributed by atoms with E-state index in [1.54, 1.807) is 0 Å². The summed E-state index contributed by atoms with van der Waals surface area (Å²) in [4.78, 5) is 0. The zero-order valence-corrected chi connectivity index (χ0v) is 11.2. The number of aryl methyl sites for hydroxylation is 1. The predicted octanol–water partition coefficient (Wildman–Crippen LogP) is 2.84. The molecule has 0 aliphatic heterocycles. The van der Waals surface area contributed by atoms with Gasteiger partial charge in [-0.1, -0.05) is 26.0 Å². The topological polar surface area (TPSA) is 56.3 Å². The van der Waals surface area contributed by atoms with Crippen molar-refractivity contribution in [3.05, 3.63) is 42.3 Å². The lowest BCUT2D eigenvalue weighted by Gasteiger charge is -2.11. The number of hydrogen-bond donors (Lipinski definition) is 4. The van der Waals surface area contributed by atoms with E-state index >= 15 is 0 Å². The first-order valence-corrected chi connectivity index (χ1v) is 5.76. The molecule has 4 nitrogen and oxygen atoms in total. The molecule has 94 valence electrons. The fourth-order valence-corrected chi connectivity index (χ4v) is 1.18. The van der Waals surface area contributed by atoms with E-state index in [4.69, 9.17) is 17.3 Å². The van der Waals surface area contributed by atoms with Gasteiger partial charge in [0.25, 0.3) is 0 Å². The minimum atomic E-state index is -0.191. The summed E-state index contributed by atoms with van der Waals surface area (Å²) in [6.07, 6.45) is 0. The summed E-state index contributed by atoms with van der Waals surface area (Å²) in [5.74, 6) is -0.191. The third-order valence-electron chi connectivity index (χ3n) is 1.60. The highest BCUT2D eigenvalue weighted by molar-refractivity contribution is 7.80. The molecule has 0 heterocycles. The molecule has 0 radical (unpaired) electrons. The standard InChI is InChI=1S/C10H13N3OS.C2H6/c1-7-4-3-5-9(6-7)11-10(15)13-12-8(2)14;1-2/h3-6,12,14H,2H2,1H3,(H2,11,13,15);1-2H3. The molecule has 0 saturated heterocycles. The number of aliphatic hydroxyl groups excluding tert-OH is 1. The van der Waals surface area contributed by atoms with E-state index < -0.39 is 0 Å². The van der Waals surface area contributed by atoms with Gasteiger partial charge >= 0.3 is 0 Å². The number of hydrogen-bond acceptors (Lipinski definition) is 3. The van der Waals surface area contributed by atoms with Crippen LogP contribution in [0.15, 0.2) is 36.7 Å². The highest BCUT2D eigenvalue weighted by Gasteiger charge is 1.96. The fraction of sp³-hybridized carbons (Fsp3) is 0.250. The van der Waals surface area contributed by atoms with Gasteiger partial charge in [-0.3, -0.25) is 10.9 Å². The molecule has 0 aliphatic rings. The maximum Gasteiger partial charge on any atom is 0.195 e. The summed E-state index contributed by atoms with van der Waals surface area (Å²) < 4.78 is 0. The summed E-state index contributed by atoms with van der Waals surface area (Å²) in [5.41, 5.74) is 6.99. The van der Waals surface area contributed by atoms with Crippen molar-refractivity contribution >= 4 is 23.0 Å². The molecule has 17 heavy (non-hydrogen) atoms. The number of rotatable bonds is 3. The van der Waals surface area contributed by atoms with Gasteiger partial charge in [0, 0.05) is 5.69 Å². The van der Waals surface area contributed by atoms with Gasteiger partial charge in [0.2, 0.25) is 0 Å². The van der Waals surface area contributed by atoms with Crippen molar-refractivity contribution in [1.82, 2.24) is 10.9 Å². The molecule has 5 heteroatoms. The predicted molar refractivity (Wildman–Crippen MR) is 76.8 cm³/mol. The number of thiocarbonyl (C=S) groups is 1. The Morgan fingerprint density at radius 3 is 2.47 bits per heavy atom. The Kier molecular flexibility index (Phi) is 7.54. The summed E-state index contributed by atoms with van der Waals surface area (Å²) in [6, 6.07) is 7.78. The molecular weight excluding hydrogens is 234 g/mol. The second-order valence-corrected chi connectivity index (χ2v) is 3.43. The van der Waals surface area contributed by atoms with Gasteiger partial charge in [-0.2, -0.15) is 0 Å². The first kappa shape index (κ1) is 15.2. The molecule has 4 N–H and O–H groups in total. The molecular formula is C12H19N3OS. The number of aliphatic hydroxyl groups is 1. The normalized spacial score (nSPS) is 8.41. The van der Waals surface area contributed by atoms with Crippen LogP contribution in [0, 0.1) is 6.92 Å². The monoisotopic (exact) mass is 253 g/mol. The third kappa shape index (κ3) is 7.19. The van der Waals surface area contributed by atoms with Crippen LogP contribution in [0.4, 0.5) is 5.69 Å². The van der Waals surface area contributed by atoms with Gasteiger partial charge in [-0.25, -0.2) is 0 Å². The van der Waals surface area contributed by atoms with Crippen LogP contribution < -0.4 is 16.2 Å². The second-order valence-electron chi connectivity index (χ2n) is 3.02. The quantitative estimate of drug-likeness (QED) is 0.379. The Morgan fingerprint density at radius 1 is 1.29 bits per heavy atom. The van der Waals surface area contributed by atoms with Gasteiger partial charge in [0.15, 0.2) is 11.0 Å². The van der Waals surface area contributed by atoms with Crippen molar-refractivity contribution in [1.29, 1.82) is 0 Å². The molecule has 1 aromatic carbocycles. The number of benzene rings is 1. The van der Waals surface area contributed by atoms with E-state index in [0.717, 1.165) is 11.3 Å². The Balaban J connectivity index is 0.00000121. The lowest BCUT2D eigenvalue weighted by molar-refractivity contribution is 0.359. The largest absolute Gasteiger partial charge is 0.494 e. The van der Waals surface area contributed by atoms with E-state index in [-0.39, 0.29) is 5.88 Å². The highest BCUT2D eigenvalue weighted by Crippen LogP contribution is 2.08. The molecule has 0 aliphatic carbocycles. The first-order chi connectivity index (χ1) is 8.08. The van der Waals surface area contributed by atoms with Gasteiger partial charge in [-0.05, 0) is 43.4 Å². The van der Waals surface area contributed by atoms with Crippen molar-refractivity contribution in [2.45, 2.75) is 20.8 Å². The molecule has 1 rings (SSSR count). The highest BCUT2D eigenvalue weighted by atomic mass is 32.1. The van der Waals surface area contributed by atoms with Crippen LogP contribution in [0.1, 0.15) is 19.4 Å². The minimum Gasteiger partial charge on any atom is -0.494 e. The van der Waals surface area contributed by atoms with Crippen molar-refractivity contribution in [3.8, 4) is 0 Å². The number of hydrazine groups is 1. The number of anilines is 1. The van der Waals surface area contributed by atoms with Crippen LogP contribution in [-0.2, 0) is 0 Å². The van der Waals surface area contributed by atoms with Crippen LogP contribution >= 0.6 is 12.2 Å². The van der Waals surface area contributed by atoms with Crippen LogP contribution in [0.2, 0.25) is 0 Å². The molecule has 0 saturated carbocycles. The van der Waals surface area contributed by atoms with Crippen LogP contribution in [0.3, 0.4) is 0 Å². The van der Waals surface area contributed by atoms with Gasteiger partial charge in [0.05, 0.1) is 0 Å². The van der Waals surface area contributed by atoms with Gasteiger partial charge < -0.3 is 10.4 Å². The average Bonchev–Trinajstić information content (AvgIpc) is 2.29. The Labute approximate surface area is 108 Å². The van der Waals surface area contributed by atoms with E-state index in [2.05, 4.69) is 22.7 Å². The van der Waals surface area contributed by atoms with Crippen molar-refractivity contribution in [2.24, 2.45) is 0 Å². The summed E-state index contributed by atoms with van der Waals surface area (Å²) in [7, 11) is 0. The Hall–Kier alpha value is -1.75. The van der Waals surface area contributed by atoms with Crippen molar-refractivity contribution in [3.63, 3.8) is 0 Å². The minimum absolute atomic E-state index is 0.191. The maximum absolute atomic E-state index is 8.76. The SMILES string of the molecule is C=C(O)NNC(=S)Nc1cccc(C)c1.CC. The molecule has 0 fully saturated rings. The van der Waals surface area contributed by atoms with E-state index in [1.165, 1.54) is 0 Å². The van der Waals surface area contributed by atoms with Crippen LogP contribution in [-0.4, -0.2) is 10.2 Å². The fourth-order valence-electron chi connectivity index (χ4n) is 1.01. The number of nitrogens with one attached hydrogen (secondary N) is 3. The summed E-state index contributed by atoms with van der Waals surface area (Å²) >= 11 is 4.96. The van der Waals surface area contributed by atoms with Crippen LogP contribution in [0.5, 0.6) is 0 Å². The Morgan fingerprint density at radius 2 is 1.94 bits per heavy atom. The molecule has 1 aromatic rings. The lowest BCUT2D eigenvalue weighted by atomic mass is 10.2.